The van der Waals surface area contributed by atoms with Crippen LogP contribution in [0, 0.1) is 24.2 Å². The fourth-order valence-corrected chi connectivity index (χ4v) is 3.99. The maximum Gasteiger partial charge on any atom is 0.268 e. The van der Waals surface area contributed by atoms with E-state index in [1.807, 2.05) is 6.92 Å². The molecule has 2 aromatic heterocycles. The molecule has 4 rings (SSSR count). The van der Waals surface area contributed by atoms with Crippen LogP contribution in [0.1, 0.15) is 17.2 Å². The number of hydrogen-bond donors (Lipinski definition) is 2. The summed E-state index contributed by atoms with van der Waals surface area (Å²) >= 11 is 0. The first-order chi connectivity index (χ1) is 12.4. The number of sulfonamides is 1. The summed E-state index contributed by atoms with van der Waals surface area (Å²) in [6.07, 6.45) is 2.49. The molecule has 8 nitrogen and oxygen atoms in total. The Labute approximate surface area is 148 Å². The number of aromatic nitrogens is 3. The predicted octanol–water partition coefficient (Wildman–Crippen LogP) is 2.06. The quantitative estimate of drug-likeness (QED) is 0.725. The zero-order chi connectivity index (χ0) is 18.5. The predicted molar refractivity (Wildman–Crippen MR) is 90.6 cm³/mol. The van der Waals surface area contributed by atoms with Gasteiger partial charge < -0.3 is 9.72 Å². The van der Waals surface area contributed by atoms with Gasteiger partial charge in [0.05, 0.1) is 36.2 Å². The van der Waals surface area contributed by atoms with Crippen molar-refractivity contribution < 1.29 is 17.5 Å². The highest BCUT2D eigenvalue weighted by molar-refractivity contribution is 7.92. The summed E-state index contributed by atoms with van der Waals surface area (Å²) in [6.45, 7) is 2.41. The lowest BCUT2D eigenvalue weighted by molar-refractivity contribution is -0.0337. The number of halogens is 1. The second-order valence-corrected chi connectivity index (χ2v) is 7.69. The minimum absolute atomic E-state index is 0.228. The molecule has 134 valence electrons. The SMILES string of the molecule is Cc1ccc(NS(=O)(=O)c2cnn(C3COC3)c2F)c2[nH]cc(C#N)c12. The van der Waals surface area contributed by atoms with Gasteiger partial charge in [0.1, 0.15) is 12.1 Å². The Morgan fingerprint density at radius 3 is 2.88 bits per heavy atom. The molecule has 1 aliphatic rings. The topological polar surface area (TPSA) is 113 Å². The minimum Gasteiger partial charge on any atom is -0.377 e. The van der Waals surface area contributed by atoms with Crippen molar-refractivity contribution in [2.75, 3.05) is 17.9 Å². The molecular weight excluding hydrogens is 361 g/mol. The van der Waals surface area contributed by atoms with Gasteiger partial charge in [0.15, 0.2) is 4.90 Å². The number of nitrogens with zero attached hydrogens (tertiary/aromatic N) is 3. The highest BCUT2D eigenvalue weighted by Crippen LogP contribution is 2.30. The van der Waals surface area contributed by atoms with Crippen LogP contribution in [0.25, 0.3) is 10.9 Å². The Morgan fingerprint density at radius 2 is 2.23 bits per heavy atom. The van der Waals surface area contributed by atoms with E-state index in [9.17, 15) is 18.1 Å². The molecule has 0 atom stereocenters. The summed E-state index contributed by atoms with van der Waals surface area (Å²) in [5.41, 5.74) is 1.92. The summed E-state index contributed by atoms with van der Waals surface area (Å²) in [6, 6.07) is 5.02. The lowest BCUT2D eigenvalue weighted by Crippen LogP contribution is -2.32. The van der Waals surface area contributed by atoms with Crippen LogP contribution in [0.2, 0.25) is 0 Å². The summed E-state index contributed by atoms with van der Waals surface area (Å²) in [7, 11) is -4.19. The number of fused-ring (bicyclic) bond motifs is 1. The zero-order valence-corrected chi connectivity index (χ0v) is 14.5. The zero-order valence-electron chi connectivity index (χ0n) is 13.7. The maximum atomic E-state index is 14.5. The number of anilines is 1. The fourth-order valence-electron chi connectivity index (χ4n) is 2.92. The Morgan fingerprint density at radius 1 is 1.46 bits per heavy atom. The van der Waals surface area contributed by atoms with Gasteiger partial charge in [-0.05, 0) is 18.6 Å². The molecule has 3 aromatic rings. The molecule has 10 heteroatoms. The average Bonchev–Trinajstić information content (AvgIpc) is 3.14. The van der Waals surface area contributed by atoms with Crippen LogP contribution in [-0.2, 0) is 14.8 Å². The number of hydrogen-bond acceptors (Lipinski definition) is 5. The van der Waals surface area contributed by atoms with Gasteiger partial charge in [0, 0.05) is 11.6 Å². The molecular formula is C16H14FN5O3S. The number of aryl methyl sites for hydroxylation is 1. The molecule has 0 bridgehead atoms. The summed E-state index contributed by atoms with van der Waals surface area (Å²) in [5.74, 6) is -0.932. The summed E-state index contributed by atoms with van der Waals surface area (Å²) < 4.78 is 48.2. The molecule has 0 amide bonds. The Balaban J connectivity index is 1.74. The smallest absolute Gasteiger partial charge is 0.268 e. The first-order valence-corrected chi connectivity index (χ1v) is 9.25. The molecule has 1 aliphatic heterocycles. The van der Waals surface area contributed by atoms with Crippen LogP contribution >= 0.6 is 0 Å². The van der Waals surface area contributed by atoms with Crippen molar-refractivity contribution in [3.63, 3.8) is 0 Å². The molecule has 0 unspecified atom stereocenters. The van der Waals surface area contributed by atoms with Crippen molar-refractivity contribution >= 4 is 26.6 Å². The average molecular weight is 375 g/mol. The number of rotatable bonds is 4. The van der Waals surface area contributed by atoms with Gasteiger partial charge >= 0.3 is 0 Å². The van der Waals surface area contributed by atoms with Crippen molar-refractivity contribution in [2.24, 2.45) is 0 Å². The number of nitriles is 1. The highest BCUT2D eigenvalue weighted by Gasteiger charge is 2.30. The molecule has 0 spiro atoms. The van der Waals surface area contributed by atoms with Crippen LogP contribution in [0.3, 0.4) is 0 Å². The fraction of sp³-hybridized carbons (Fsp3) is 0.250. The normalized spacial score (nSPS) is 15.0. The molecule has 1 aromatic carbocycles. The van der Waals surface area contributed by atoms with Crippen LogP contribution in [0.5, 0.6) is 0 Å². The van der Waals surface area contributed by atoms with Crippen LogP contribution in [0.15, 0.2) is 29.4 Å². The molecule has 3 heterocycles. The largest absolute Gasteiger partial charge is 0.377 e. The molecule has 2 N–H and O–H groups in total. The van der Waals surface area contributed by atoms with E-state index in [4.69, 9.17) is 4.74 Å². The Bertz CT molecular complexity index is 1150. The first-order valence-electron chi connectivity index (χ1n) is 7.76. The van der Waals surface area contributed by atoms with Gasteiger partial charge in [-0.25, -0.2) is 13.1 Å². The van der Waals surface area contributed by atoms with Gasteiger partial charge in [0.25, 0.3) is 10.0 Å². The van der Waals surface area contributed by atoms with E-state index < -0.39 is 20.9 Å². The molecule has 1 saturated heterocycles. The molecule has 26 heavy (non-hydrogen) atoms. The van der Waals surface area contributed by atoms with Crippen LogP contribution in [0.4, 0.5) is 10.1 Å². The second kappa shape index (κ2) is 5.82. The van der Waals surface area contributed by atoms with E-state index in [1.54, 1.807) is 12.1 Å². The molecule has 0 saturated carbocycles. The number of ether oxygens (including phenoxy) is 1. The first kappa shape index (κ1) is 16.6. The van der Waals surface area contributed by atoms with Gasteiger partial charge in [0.2, 0.25) is 5.95 Å². The molecule has 0 aliphatic carbocycles. The molecule has 1 fully saturated rings. The third-order valence-corrected chi connectivity index (χ3v) is 5.71. The van der Waals surface area contributed by atoms with E-state index in [1.165, 1.54) is 6.20 Å². The number of aromatic amines is 1. The van der Waals surface area contributed by atoms with Crippen LogP contribution in [-0.4, -0.2) is 36.4 Å². The second-order valence-electron chi connectivity index (χ2n) is 6.04. The van der Waals surface area contributed by atoms with Crippen LogP contribution < -0.4 is 4.72 Å². The van der Waals surface area contributed by atoms with Crippen molar-refractivity contribution in [2.45, 2.75) is 17.9 Å². The van der Waals surface area contributed by atoms with Gasteiger partial charge in [-0.2, -0.15) is 14.8 Å². The molecule has 0 radical (unpaired) electrons. The highest BCUT2D eigenvalue weighted by atomic mass is 32.2. The monoisotopic (exact) mass is 375 g/mol. The number of H-pyrrole nitrogens is 1. The van der Waals surface area contributed by atoms with Crippen molar-refractivity contribution in [3.8, 4) is 6.07 Å². The lowest BCUT2D eigenvalue weighted by atomic mass is 10.1. The minimum atomic E-state index is -4.19. The number of nitrogens with one attached hydrogen (secondary N) is 2. The van der Waals surface area contributed by atoms with Crippen molar-refractivity contribution in [1.29, 1.82) is 5.26 Å². The number of benzene rings is 1. The van der Waals surface area contributed by atoms with Gasteiger partial charge in [-0.15, -0.1) is 0 Å². The Hall–Kier alpha value is -2.90. The third kappa shape index (κ3) is 2.44. The maximum absolute atomic E-state index is 14.5. The lowest BCUT2D eigenvalue weighted by Gasteiger charge is -2.26. The van der Waals surface area contributed by atoms with E-state index in [0.717, 1.165) is 16.4 Å². The van der Waals surface area contributed by atoms with Gasteiger partial charge in [-0.3, -0.25) is 4.72 Å². The van der Waals surface area contributed by atoms with Crippen molar-refractivity contribution in [1.82, 2.24) is 14.8 Å². The van der Waals surface area contributed by atoms with Crippen molar-refractivity contribution in [3.05, 3.63) is 41.6 Å². The Kier molecular flexibility index (Phi) is 3.71. The van der Waals surface area contributed by atoms with E-state index in [2.05, 4.69) is 20.9 Å². The van der Waals surface area contributed by atoms with E-state index in [-0.39, 0.29) is 11.7 Å². The van der Waals surface area contributed by atoms with E-state index >= 15 is 0 Å². The standard InChI is InChI=1S/C16H14FN5O3S/c1-9-2-3-12(15-14(9)10(4-18)5-19-15)21-26(23,24)13-6-20-22(16(13)17)11-7-25-8-11/h2-3,5-6,11,19,21H,7-8H2,1H3. The summed E-state index contributed by atoms with van der Waals surface area (Å²) in [4.78, 5) is 2.36. The van der Waals surface area contributed by atoms with Gasteiger partial charge in [-0.1, -0.05) is 6.07 Å². The van der Waals surface area contributed by atoms with E-state index in [0.29, 0.717) is 29.7 Å². The third-order valence-electron chi connectivity index (χ3n) is 4.37. The summed E-state index contributed by atoms with van der Waals surface area (Å²) in [5, 5.41) is 13.6.